The highest BCUT2D eigenvalue weighted by molar-refractivity contribution is 7.88. The van der Waals surface area contributed by atoms with Gasteiger partial charge in [0, 0.05) is 44.1 Å². The maximum Gasteiger partial charge on any atom is 0.425 e. The second-order valence-electron chi connectivity index (χ2n) is 9.70. The first-order chi connectivity index (χ1) is 16.3. The van der Waals surface area contributed by atoms with Crippen molar-refractivity contribution in [3.8, 4) is 5.75 Å². The van der Waals surface area contributed by atoms with Gasteiger partial charge >= 0.3 is 12.3 Å². The second-order valence-corrected chi connectivity index (χ2v) is 11.7. The number of aromatic nitrogens is 1. The van der Waals surface area contributed by atoms with Crippen LogP contribution in [0.5, 0.6) is 5.75 Å². The predicted molar refractivity (Wildman–Crippen MR) is 122 cm³/mol. The molecule has 1 aromatic rings. The Morgan fingerprint density at radius 1 is 1.29 bits per heavy atom. The van der Waals surface area contributed by atoms with Crippen LogP contribution in [0.3, 0.4) is 0 Å². The van der Waals surface area contributed by atoms with E-state index in [0.29, 0.717) is 57.6 Å². The molecule has 2 atom stereocenters. The standard InChI is InChI=1S/C23H30F3N3O5S/c1-15(23(24,25)26)33-21(30)28-8-6-18(7-9-28)22(2)13-17-12-19(27-14-20(17)34-22)16-4-10-29(11-5-16)35(3,31)32/h4,12,14-15,18H,5-11,13H2,1-3H3/t15-,22+/m0/s1. The molecule has 0 aliphatic carbocycles. The van der Waals surface area contributed by atoms with Gasteiger partial charge in [-0.1, -0.05) is 6.08 Å². The minimum Gasteiger partial charge on any atom is -0.485 e. The Balaban J connectivity index is 1.36. The third kappa shape index (κ3) is 5.58. The Kier molecular flexibility index (Phi) is 6.82. The van der Waals surface area contributed by atoms with Crippen molar-refractivity contribution >= 4 is 21.7 Å². The molecule has 0 N–H and O–H groups in total. The molecule has 8 nitrogen and oxygen atoms in total. The van der Waals surface area contributed by atoms with E-state index in [1.807, 2.05) is 19.1 Å². The zero-order valence-corrected chi connectivity index (χ0v) is 20.8. The van der Waals surface area contributed by atoms with E-state index in [-0.39, 0.29) is 5.92 Å². The van der Waals surface area contributed by atoms with Crippen LogP contribution >= 0.6 is 0 Å². The van der Waals surface area contributed by atoms with Gasteiger partial charge in [0.1, 0.15) is 11.4 Å². The molecule has 1 saturated heterocycles. The van der Waals surface area contributed by atoms with Gasteiger partial charge < -0.3 is 14.4 Å². The van der Waals surface area contributed by atoms with Crippen LogP contribution in [0.1, 0.15) is 44.4 Å². The van der Waals surface area contributed by atoms with Crippen LogP contribution in [0.15, 0.2) is 18.3 Å². The Morgan fingerprint density at radius 3 is 2.54 bits per heavy atom. The van der Waals surface area contributed by atoms with Gasteiger partial charge in [0.2, 0.25) is 10.0 Å². The van der Waals surface area contributed by atoms with Gasteiger partial charge in [-0.3, -0.25) is 4.98 Å². The van der Waals surface area contributed by atoms with E-state index < -0.39 is 34.0 Å². The van der Waals surface area contributed by atoms with Crippen LogP contribution in [0.4, 0.5) is 18.0 Å². The van der Waals surface area contributed by atoms with Gasteiger partial charge in [-0.25, -0.2) is 13.2 Å². The number of hydrogen-bond acceptors (Lipinski definition) is 6. The largest absolute Gasteiger partial charge is 0.485 e. The van der Waals surface area contributed by atoms with E-state index >= 15 is 0 Å². The number of carbonyl (C=O) groups excluding carboxylic acids is 1. The fourth-order valence-electron chi connectivity index (χ4n) is 4.93. The number of piperidine rings is 1. The van der Waals surface area contributed by atoms with Gasteiger partial charge in [-0.15, -0.1) is 0 Å². The van der Waals surface area contributed by atoms with E-state index in [1.54, 1.807) is 6.20 Å². The SMILES string of the molecule is C[C@H](OC(=O)N1CCC([C@@]2(C)Cc3cc(C4=CCN(S(C)(=O)=O)CC4)ncc3O2)CC1)C(F)(F)F. The van der Waals surface area contributed by atoms with Gasteiger partial charge in [0.15, 0.2) is 6.10 Å². The third-order valence-electron chi connectivity index (χ3n) is 7.16. The lowest BCUT2D eigenvalue weighted by molar-refractivity contribution is -0.200. The monoisotopic (exact) mass is 517 g/mol. The lowest BCUT2D eigenvalue weighted by Crippen LogP contribution is -2.48. The lowest BCUT2D eigenvalue weighted by Gasteiger charge is -2.39. The van der Waals surface area contributed by atoms with Gasteiger partial charge in [-0.05, 0) is 44.7 Å². The summed E-state index contributed by atoms with van der Waals surface area (Å²) in [4.78, 5) is 18.0. The topological polar surface area (TPSA) is 89.0 Å². The maximum atomic E-state index is 12.7. The molecule has 0 radical (unpaired) electrons. The van der Waals surface area contributed by atoms with E-state index in [0.717, 1.165) is 23.8 Å². The summed E-state index contributed by atoms with van der Waals surface area (Å²) in [5.74, 6) is 0.811. The minimum absolute atomic E-state index is 0.111. The molecule has 1 amide bonds. The molecule has 0 unspecified atom stereocenters. The van der Waals surface area contributed by atoms with Crippen molar-refractivity contribution in [1.82, 2.24) is 14.2 Å². The highest BCUT2D eigenvalue weighted by atomic mass is 32.2. The van der Waals surface area contributed by atoms with E-state index in [1.165, 1.54) is 15.5 Å². The molecule has 12 heteroatoms. The Morgan fingerprint density at radius 2 is 1.97 bits per heavy atom. The zero-order valence-electron chi connectivity index (χ0n) is 20.0. The summed E-state index contributed by atoms with van der Waals surface area (Å²) in [5.41, 5.74) is 2.32. The number of hydrogen-bond donors (Lipinski definition) is 0. The summed E-state index contributed by atoms with van der Waals surface area (Å²) < 4.78 is 73.8. The highest BCUT2D eigenvalue weighted by Crippen LogP contribution is 2.43. The molecule has 4 heterocycles. The molecule has 1 fully saturated rings. The summed E-state index contributed by atoms with van der Waals surface area (Å²) in [7, 11) is -3.22. The summed E-state index contributed by atoms with van der Waals surface area (Å²) in [6.07, 6.45) is -0.467. The quantitative estimate of drug-likeness (QED) is 0.606. The van der Waals surface area contributed by atoms with Crippen LogP contribution < -0.4 is 4.74 Å². The van der Waals surface area contributed by atoms with Crippen LogP contribution in [0, 0.1) is 5.92 Å². The number of ether oxygens (including phenoxy) is 2. The number of rotatable bonds is 4. The first kappa shape index (κ1) is 25.7. The Bertz CT molecular complexity index is 1120. The summed E-state index contributed by atoms with van der Waals surface area (Å²) in [6.45, 7) is 4.18. The first-order valence-corrected chi connectivity index (χ1v) is 13.5. The molecular weight excluding hydrogens is 487 g/mol. The minimum atomic E-state index is -4.58. The zero-order chi connectivity index (χ0) is 25.6. The number of likely N-dealkylation sites (tertiary alicyclic amines) is 1. The van der Waals surface area contributed by atoms with Crippen molar-refractivity contribution in [1.29, 1.82) is 0 Å². The average Bonchev–Trinajstić information content (AvgIpc) is 3.14. The number of pyridine rings is 1. The Hall–Kier alpha value is -2.34. The van der Waals surface area contributed by atoms with Gasteiger partial charge in [0.05, 0.1) is 18.1 Å². The Labute approximate surface area is 203 Å². The van der Waals surface area contributed by atoms with Crippen LogP contribution in [0.25, 0.3) is 5.57 Å². The summed E-state index contributed by atoms with van der Waals surface area (Å²) >= 11 is 0. The van der Waals surface area contributed by atoms with Crippen molar-refractivity contribution in [3.05, 3.63) is 29.6 Å². The number of nitrogens with zero attached hydrogens (tertiary/aromatic N) is 3. The van der Waals surface area contributed by atoms with E-state index in [9.17, 15) is 26.4 Å². The number of alkyl halides is 3. The molecule has 194 valence electrons. The number of carbonyl (C=O) groups is 1. The van der Waals surface area contributed by atoms with Crippen molar-refractivity contribution in [2.45, 2.75) is 57.4 Å². The highest BCUT2D eigenvalue weighted by Gasteiger charge is 2.45. The molecule has 0 spiro atoms. The number of halogens is 3. The van der Waals surface area contributed by atoms with Crippen LogP contribution in [-0.4, -0.2) is 79.0 Å². The van der Waals surface area contributed by atoms with Crippen molar-refractivity contribution in [2.24, 2.45) is 5.92 Å². The van der Waals surface area contributed by atoms with E-state index in [2.05, 4.69) is 9.72 Å². The molecule has 3 aliphatic heterocycles. The number of amides is 1. The van der Waals surface area contributed by atoms with Gasteiger partial charge in [-0.2, -0.15) is 17.5 Å². The first-order valence-electron chi connectivity index (χ1n) is 11.6. The molecular formula is C23H30F3N3O5S. The molecule has 0 aromatic carbocycles. The van der Waals surface area contributed by atoms with Crippen LogP contribution in [0.2, 0.25) is 0 Å². The lowest BCUT2D eigenvalue weighted by atomic mass is 9.79. The maximum absolute atomic E-state index is 12.7. The molecule has 0 saturated carbocycles. The molecule has 4 rings (SSSR count). The van der Waals surface area contributed by atoms with E-state index in [4.69, 9.17) is 4.74 Å². The fourth-order valence-corrected chi connectivity index (χ4v) is 5.70. The second kappa shape index (κ2) is 9.27. The number of fused-ring (bicyclic) bond motifs is 1. The number of sulfonamides is 1. The summed E-state index contributed by atoms with van der Waals surface area (Å²) in [5, 5.41) is 0. The fraction of sp³-hybridized carbons (Fsp3) is 0.652. The van der Waals surface area contributed by atoms with Crippen molar-refractivity contribution < 1.29 is 35.9 Å². The molecule has 0 bridgehead atoms. The predicted octanol–water partition coefficient (Wildman–Crippen LogP) is 3.62. The normalized spacial score (nSPS) is 25.0. The summed E-state index contributed by atoms with van der Waals surface area (Å²) in [6, 6.07) is 1.99. The molecule has 1 aromatic heterocycles. The average molecular weight is 518 g/mol. The van der Waals surface area contributed by atoms with Gasteiger partial charge in [0.25, 0.3) is 0 Å². The third-order valence-corrected chi connectivity index (χ3v) is 8.43. The van der Waals surface area contributed by atoms with Crippen molar-refractivity contribution in [2.75, 3.05) is 32.4 Å². The molecule has 3 aliphatic rings. The molecule has 35 heavy (non-hydrogen) atoms. The van der Waals surface area contributed by atoms with Crippen molar-refractivity contribution in [3.63, 3.8) is 0 Å². The van der Waals surface area contributed by atoms with Crippen LogP contribution in [-0.2, 0) is 21.2 Å². The smallest absolute Gasteiger partial charge is 0.425 e.